The summed E-state index contributed by atoms with van der Waals surface area (Å²) < 4.78 is 0. The average Bonchev–Trinajstić information content (AvgIpc) is 3.15. The van der Waals surface area contributed by atoms with Crippen molar-refractivity contribution in [2.75, 3.05) is 0 Å². The van der Waals surface area contributed by atoms with Crippen molar-refractivity contribution < 1.29 is 4.79 Å². The molecule has 1 amide bonds. The normalized spacial score (nSPS) is 17.5. The van der Waals surface area contributed by atoms with Crippen LogP contribution in [0.3, 0.4) is 0 Å². The summed E-state index contributed by atoms with van der Waals surface area (Å²) in [6.45, 7) is 0.648. The lowest BCUT2D eigenvalue weighted by Gasteiger charge is -2.26. The fraction of sp³-hybridized carbons (Fsp3) is 0.400. The van der Waals surface area contributed by atoms with Gasteiger partial charge >= 0.3 is 0 Å². The Balaban J connectivity index is 1.75. The van der Waals surface area contributed by atoms with Gasteiger partial charge < -0.3 is 5.32 Å². The summed E-state index contributed by atoms with van der Waals surface area (Å²) in [4.78, 5) is 13.9. The summed E-state index contributed by atoms with van der Waals surface area (Å²) in [5.74, 6) is 0.207. The molecule has 19 heavy (non-hydrogen) atoms. The minimum absolute atomic E-state index is 0.207. The standard InChI is InChI=1S/C15H17NOS2/c17-14(16-10-12-5-9-18-11-12)15(6-1-2-7-15)13-4-3-8-19-13/h3-5,8-9,11H,1-2,6-7,10H2,(H,16,17). The van der Waals surface area contributed by atoms with Crippen molar-refractivity contribution in [3.63, 3.8) is 0 Å². The minimum atomic E-state index is -0.260. The van der Waals surface area contributed by atoms with Crippen LogP contribution in [0, 0.1) is 0 Å². The molecule has 3 rings (SSSR count). The molecule has 2 nitrogen and oxygen atoms in total. The van der Waals surface area contributed by atoms with E-state index in [2.05, 4.69) is 28.2 Å². The summed E-state index contributed by atoms with van der Waals surface area (Å²) >= 11 is 3.38. The van der Waals surface area contributed by atoms with Crippen LogP contribution >= 0.6 is 22.7 Å². The zero-order chi connectivity index (χ0) is 13.1. The molecule has 0 bridgehead atoms. The third kappa shape index (κ3) is 2.47. The second-order valence-electron chi connectivity index (χ2n) is 5.08. The molecule has 0 radical (unpaired) electrons. The second kappa shape index (κ2) is 5.47. The molecule has 0 aromatic carbocycles. The molecule has 4 heteroatoms. The molecule has 0 atom stereocenters. The van der Waals surface area contributed by atoms with E-state index < -0.39 is 0 Å². The molecule has 1 N–H and O–H groups in total. The van der Waals surface area contributed by atoms with Gasteiger partial charge in [0.1, 0.15) is 0 Å². The fourth-order valence-electron chi connectivity index (χ4n) is 2.86. The van der Waals surface area contributed by atoms with Crippen LogP contribution in [0.1, 0.15) is 36.1 Å². The van der Waals surface area contributed by atoms with E-state index in [9.17, 15) is 4.79 Å². The van der Waals surface area contributed by atoms with Gasteiger partial charge in [0, 0.05) is 11.4 Å². The van der Waals surface area contributed by atoms with Gasteiger partial charge in [-0.2, -0.15) is 11.3 Å². The van der Waals surface area contributed by atoms with Crippen LogP contribution in [0.25, 0.3) is 0 Å². The van der Waals surface area contributed by atoms with Gasteiger partial charge in [-0.05, 0) is 46.7 Å². The molecule has 1 saturated carbocycles. The molecule has 1 aliphatic rings. The molecule has 2 aromatic rings. The van der Waals surface area contributed by atoms with Gasteiger partial charge in [-0.3, -0.25) is 4.79 Å². The van der Waals surface area contributed by atoms with Crippen molar-refractivity contribution in [3.05, 3.63) is 44.8 Å². The van der Waals surface area contributed by atoms with Crippen LogP contribution in [0.4, 0.5) is 0 Å². The third-order valence-corrected chi connectivity index (χ3v) is 5.72. The Morgan fingerprint density at radius 2 is 2.11 bits per heavy atom. The molecule has 1 fully saturated rings. The van der Waals surface area contributed by atoms with Crippen LogP contribution < -0.4 is 5.32 Å². The van der Waals surface area contributed by atoms with Crippen LogP contribution in [0.5, 0.6) is 0 Å². The number of thiophene rings is 2. The average molecular weight is 291 g/mol. The topological polar surface area (TPSA) is 29.1 Å². The summed E-state index contributed by atoms with van der Waals surface area (Å²) in [7, 11) is 0. The molecule has 2 aromatic heterocycles. The highest BCUT2D eigenvalue weighted by molar-refractivity contribution is 7.10. The zero-order valence-corrected chi connectivity index (χ0v) is 12.4. The SMILES string of the molecule is O=C(NCc1ccsc1)C1(c2cccs2)CCCC1. The molecule has 0 spiro atoms. The molecule has 1 aliphatic carbocycles. The first-order valence-corrected chi connectivity index (χ1v) is 8.47. The Hall–Kier alpha value is -1.13. The quantitative estimate of drug-likeness (QED) is 0.908. The van der Waals surface area contributed by atoms with Gasteiger partial charge in [-0.25, -0.2) is 0 Å². The second-order valence-corrected chi connectivity index (χ2v) is 6.81. The van der Waals surface area contributed by atoms with E-state index in [1.807, 2.05) is 11.4 Å². The predicted octanol–water partition coefficient (Wildman–Crippen LogP) is 3.94. The molecule has 100 valence electrons. The van der Waals surface area contributed by atoms with Crippen molar-refractivity contribution in [2.45, 2.75) is 37.6 Å². The highest BCUT2D eigenvalue weighted by Crippen LogP contribution is 2.43. The number of amides is 1. The Kier molecular flexibility index (Phi) is 3.71. The van der Waals surface area contributed by atoms with Crippen molar-refractivity contribution in [1.29, 1.82) is 0 Å². The molecule has 0 aliphatic heterocycles. The Morgan fingerprint density at radius 1 is 1.26 bits per heavy atom. The number of hydrogen-bond donors (Lipinski definition) is 1. The zero-order valence-electron chi connectivity index (χ0n) is 10.7. The number of carbonyl (C=O) groups is 1. The highest BCUT2D eigenvalue weighted by Gasteiger charge is 2.43. The van der Waals surface area contributed by atoms with Gasteiger partial charge in [-0.1, -0.05) is 18.9 Å². The Labute approximate surface area is 121 Å². The first-order chi connectivity index (χ1) is 9.31. The summed E-state index contributed by atoms with van der Waals surface area (Å²) in [5, 5.41) is 9.34. The maximum atomic E-state index is 12.7. The van der Waals surface area contributed by atoms with E-state index in [0.29, 0.717) is 6.54 Å². The smallest absolute Gasteiger partial charge is 0.231 e. The summed E-state index contributed by atoms with van der Waals surface area (Å²) in [6, 6.07) is 6.23. The van der Waals surface area contributed by atoms with Crippen LogP contribution in [0.15, 0.2) is 34.3 Å². The highest BCUT2D eigenvalue weighted by atomic mass is 32.1. The van der Waals surface area contributed by atoms with Gasteiger partial charge in [0.25, 0.3) is 0 Å². The third-order valence-electron chi connectivity index (χ3n) is 3.92. The van der Waals surface area contributed by atoms with Crippen molar-refractivity contribution in [2.24, 2.45) is 0 Å². The van der Waals surface area contributed by atoms with Crippen LogP contribution in [-0.4, -0.2) is 5.91 Å². The lowest BCUT2D eigenvalue weighted by Crippen LogP contribution is -2.41. The maximum Gasteiger partial charge on any atom is 0.231 e. The number of carbonyl (C=O) groups excluding carboxylic acids is 1. The maximum absolute atomic E-state index is 12.7. The van der Waals surface area contributed by atoms with Crippen molar-refractivity contribution >= 4 is 28.6 Å². The number of hydrogen-bond acceptors (Lipinski definition) is 3. The van der Waals surface area contributed by atoms with E-state index in [-0.39, 0.29) is 11.3 Å². The number of rotatable bonds is 4. The summed E-state index contributed by atoms with van der Waals surface area (Å²) in [6.07, 6.45) is 4.29. The Morgan fingerprint density at radius 3 is 2.74 bits per heavy atom. The molecular formula is C15H17NOS2. The van der Waals surface area contributed by atoms with Gasteiger partial charge in [0.2, 0.25) is 5.91 Å². The van der Waals surface area contributed by atoms with E-state index in [0.717, 1.165) is 25.7 Å². The monoisotopic (exact) mass is 291 g/mol. The van der Waals surface area contributed by atoms with E-state index in [4.69, 9.17) is 0 Å². The minimum Gasteiger partial charge on any atom is -0.351 e. The van der Waals surface area contributed by atoms with Gasteiger partial charge in [0.05, 0.1) is 5.41 Å². The van der Waals surface area contributed by atoms with Crippen molar-refractivity contribution in [1.82, 2.24) is 5.32 Å². The number of nitrogens with one attached hydrogen (secondary N) is 1. The molecule has 0 unspecified atom stereocenters. The Bertz CT molecular complexity index is 525. The molecule has 2 heterocycles. The predicted molar refractivity (Wildman–Crippen MR) is 80.6 cm³/mol. The van der Waals surface area contributed by atoms with E-state index in [1.165, 1.54) is 10.4 Å². The molecular weight excluding hydrogens is 274 g/mol. The van der Waals surface area contributed by atoms with Crippen molar-refractivity contribution in [3.8, 4) is 0 Å². The lowest BCUT2D eigenvalue weighted by molar-refractivity contribution is -0.126. The van der Waals surface area contributed by atoms with E-state index >= 15 is 0 Å². The van der Waals surface area contributed by atoms with Gasteiger partial charge in [0.15, 0.2) is 0 Å². The largest absolute Gasteiger partial charge is 0.351 e. The van der Waals surface area contributed by atoms with Crippen LogP contribution in [-0.2, 0) is 16.8 Å². The van der Waals surface area contributed by atoms with Crippen LogP contribution in [0.2, 0.25) is 0 Å². The summed E-state index contributed by atoms with van der Waals surface area (Å²) in [5.41, 5.74) is 0.933. The molecule has 0 saturated heterocycles. The first-order valence-electron chi connectivity index (χ1n) is 6.65. The van der Waals surface area contributed by atoms with Gasteiger partial charge in [-0.15, -0.1) is 11.3 Å². The first kappa shape index (κ1) is 12.9. The lowest BCUT2D eigenvalue weighted by atomic mass is 9.83. The fourth-order valence-corrected chi connectivity index (χ4v) is 4.51. The van der Waals surface area contributed by atoms with E-state index in [1.54, 1.807) is 22.7 Å².